The van der Waals surface area contributed by atoms with Crippen LogP contribution in [0.25, 0.3) is 0 Å². The van der Waals surface area contributed by atoms with Crippen LogP contribution in [0.1, 0.15) is 40.8 Å². The van der Waals surface area contributed by atoms with Crippen molar-refractivity contribution in [3.8, 4) is 0 Å². The number of nitrogens with two attached hydrogens (primary N) is 2. The molecule has 0 atom stereocenters. The van der Waals surface area contributed by atoms with Crippen molar-refractivity contribution in [2.75, 3.05) is 0 Å². The van der Waals surface area contributed by atoms with Crippen LogP contribution in [0.15, 0.2) is 0 Å². The van der Waals surface area contributed by atoms with E-state index in [1.165, 1.54) is 33.4 Å². The number of nitrogens with one attached hydrogen (secondary N) is 1. The fraction of sp³-hybridized carbons (Fsp3) is 0.467. The van der Waals surface area contributed by atoms with Gasteiger partial charge < -0.3 is 11.5 Å². The lowest BCUT2D eigenvalue weighted by Crippen LogP contribution is -2.38. The highest BCUT2D eigenvalue weighted by Crippen LogP contribution is 2.24. The molecule has 5 nitrogen and oxygen atoms in total. The topological polar surface area (TPSA) is 98.2 Å². The monoisotopic (exact) mass is 281 g/mol. The molecule has 0 aliphatic heterocycles. The lowest BCUT2D eigenvalue weighted by Gasteiger charge is -2.15. The average Bonchev–Trinajstić information content (AvgIpc) is 2.30. The van der Waals surface area contributed by atoms with Crippen molar-refractivity contribution >= 4 is 12.1 Å². The first kappa shape index (κ1) is 20.3. The lowest BCUT2D eigenvalue weighted by atomic mass is 9.90. The van der Waals surface area contributed by atoms with Crippen molar-refractivity contribution in [2.24, 2.45) is 11.5 Å². The molecule has 20 heavy (non-hydrogen) atoms. The van der Waals surface area contributed by atoms with E-state index in [0.29, 0.717) is 0 Å². The molecule has 0 unspecified atom stereocenters. The largest absolute Gasteiger partial charge is 0.351 e. The van der Waals surface area contributed by atoms with Gasteiger partial charge >= 0.3 is 12.1 Å². The average molecular weight is 281 g/mol. The summed E-state index contributed by atoms with van der Waals surface area (Å²) in [5.41, 5.74) is 17.6. The molecule has 0 radical (unpaired) electrons. The number of amides is 4. The second-order valence-corrected chi connectivity index (χ2v) is 4.60. The molecule has 0 aliphatic carbocycles. The predicted molar refractivity (Wildman–Crippen MR) is 83.9 cm³/mol. The summed E-state index contributed by atoms with van der Waals surface area (Å²) in [4.78, 5) is 19.2. The molecule has 0 spiro atoms. The summed E-state index contributed by atoms with van der Waals surface area (Å²) in [5, 5.41) is 1.58. The van der Waals surface area contributed by atoms with Crippen LogP contribution in [0.2, 0.25) is 0 Å². The molecule has 1 aromatic rings. The highest BCUT2D eigenvalue weighted by atomic mass is 16.2. The van der Waals surface area contributed by atoms with Gasteiger partial charge in [-0.15, -0.1) is 0 Å². The van der Waals surface area contributed by atoms with Crippen LogP contribution in [0.5, 0.6) is 0 Å². The minimum absolute atomic E-state index is 0. The second-order valence-electron chi connectivity index (χ2n) is 4.60. The normalized spacial score (nSPS) is 8.90. The molecule has 5 N–H and O–H groups in total. The van der Waals surface area contributed by atoms with E-state index in [2.05, 4.69) is 53.0 Å². The summed E-state index contributed by atoms with van der Waals surface area (Å²) in [7, 11) is 0. The van der Waals surface area contributed by atoms with Crippen molar-refractivity contribution in [3.63, 3.8) is 0 Å². The van der Waals surface area contributed by atoms with Gasteiger partial charge in [-0.3, -0.25) is 5.32 Å². The van der Waals surface area contributed by atoms with Gasteiger partial charge in [-0.25, -0.2) is 9.59 Å². The minimum Gasteiger partial charge on any atom is -0.351 e. The molecule has 0 aromatic heterocycles. The van der Waals surface area contributed by atoms with Crippen molar-refractivity contribution in [1.29, 1.82) is 0 Å². The Labute approximate surface area is 121 Å². The van der Waals surface area contributed by atoms with E-state index in [-0.39, 0.29) is 7.43 Å². The van der Waals surface area contributed by atoms with Gasteiger partial charge in [0.15, 0.2) is 0 Å². The number of primary amides is 2. The zero-order valence-corrected chi connectivity index (χ0v) is 12.5. The molecule has 0 fully saturated rings. The Morgan fingerprint density at radius 1 is 0.650 bits per heavy atom. The molecule has 0 bridgehead atoms. The zero-order chi connectivity index (χ0) is 15.3. The summed E-state index contributed by atoms with van der Waals surface area (Å²) < 4.78 is 0. The molecule has 4 amide bonds. The van der Waals surface area contributed by atoms with Gasteiger partial charge in [0.2, 0.25) is 0 Å². The van der Waals surface area contributed by atoms with E-state index in [0.717, 1.165) is 0 Å². The molecule has 0 heterocycles. The van der Waals surface area contributed by atoms with Gasteiger partial charge in [0, 0.05) is 0 Å². The molecule has 0 saturated carbocycles. The Morgan fingerprint density at radius 2 is 0.800 bits per heavy atom. The third kappa shape index (κ3) is 5.30. The second kappa shape index (κ2) is 8.19. The maximum absolute atomic E-state index is 9.62. The van der Waals surface area contributed by atoms with Crippen molar-refractivity contribution in [1.82, 2.24) is 5.32 Å². The molecule has 1 aromatic carbocycles. The molecular weight excluding hydrogens is 254 g/mol. The summed E-state index contributed by atoms with van der Waals surface area (Å²) in [6.45, 7) is 13.3. The SMILES string of the molecule is C.Cc1c(C)c(C)c(C)c(C)c1C.NC(=O)NC(N)=O. The van der Waals surface area contributed by atoms with Crippen LogP contribution in [0.4, 0.5) is 9.59 Å². The fourth-order valence-corrected chi connectivity index (χ4v) is 1.81. The first-order chi connectivity index (χ1) is 8.59. The van der Waals surface area contributed by atoms with E-state index in [1.807, 2.05) is 0 Å². The highest BCUT2D eigenvalue weighted by Gasteiger charge is 2.07. The summed E-state index contributed by atoms with van der Waals surface area (Å²) in [5.74, 6) is 0. The Kier molecular flexibility index (Phi) is 8.31. The third-order valence-electron chi connectivity index (χ3n) is 3.62. The quantitative estimate of drug-likeness (QED) is 0.681. The standard InChI is InChI=1S/C12H18.C2H5N3O2.CH4/c1-7-8(2)10(4)12(6)11(5)9(7)3;3-1(6)5-2(4)7;/h1-6H3;(H5,3,4,5,6,7);1H4. The summed E-state index contributed by atoms with van der Waals surface area (Å²) >= 11 is 0. The maximum Gasteiger partial charge on any atom is 0.320 e. The molecule has 5 heteroatoms. The zero-order valence-electron chi connectivity index (χ0n) is 12.5. The first-order valence-electron chi connectivity index (χ1n) is 5.99. The van der Waals surface area contributed by atoms with E-state index < -0.39 is 12.1 Å². The van der Waals surface area contributed by atoms with E-state index in [9.17, 15) is 9.59 Å². The molecule has 0 saturated heterocycles. The van der Waals surface area contributed by atoms with Gasteiger partial charge in [0.1, 0.15) is 0 Å². The number of rotatable bonds is 0. The van der Waals surface area contributed by atoms with Crippen LogP contribution in [-0.4, -0.2) is 12.1 Å². The number of hydrogen-bond acceptors (Lipinski definition) is 2. The van der Waals surface area contributed by atoms with Gasteiger partial charge in [0.05, 0.1) is 0 Å². The summed E-state index contributed by atoms with van der Waals surface area (Å²) in [6, 6.07) is -1.88. The molecule has 1 rings (SSSR count). The van der Waals surface area contributed by atoms with E-state index >= 15 is 0 Å². The van der Waals surface area contributed by atoms with Crippen molar-refractivity contribution in [2.45, 2.75) is 49.0 Å². The number of carbonyl (C=O) groups excluding carboxylic acids is 2. The molecule has 114 valence electrons. The van der Waals surface area contributed by atoms with Crippen LogP contribution in [0, 0.1) is 41.5 Å². The predicted octanol–water partition coefficient (Wildman–Crippen LogP) is 2.91. The van der Waals surface area contributed by atoms with Crippen molar-refractivity contribution in [3.05, 3.63) is 33.4 Å². The number of hydrogen-bond donors (Lipinski definition) is 3. The number of urea groups is 2. The van der Waals surface area contributed by atoms with Crippen LogP contribution in [-0.2, 0) is 0 Å². The minimum atomic E-state index is -0.938. The highest BCUT2D eigenvalue weighted by molar-refractivity contribution is 5.91. The van der Waals surface area contributed by atoms with Gasteiger partial charge in [-0.1, -0.05) is 7.43 Å². The number of benzene rings is 1. The Hall–Kier alpha value is -2.04. The smallest absolute Gasteiger partial charge is 0.320 e. The maximum atomic E-state index is 9.62. The van der Waals surface area contributed by atoms with Crippen LogP contribution >= 0.6 is 0 Å². The van der Waals surface area contributed by atoms with E-state index in [1.54, 1.807) is 5.32 Å². The van der Waals surface area contributed by atoms with Gasteiger partial charge in [-0.2, -0.15) is 0 Å². The number of imide groups is 1. The third-order valence-corrected chi connectivity index (χ3v) is 3.62. The Morgan fingerprint density at radius 3 is 0.850 bits per heavy atom. The molecule has 0 aliphatic rings. The summed E-state index contributed by atoms with van der Waals surface area (Å²) in [6.07, 6.45) is 0. The van der Waals surface area contributed by atoms with Gasteiger partial charge in [-0.05, 0) is 74.9 Å². The lowest BCUT2D eigenvalue weighted by molar-refractivity contribution is 0.236. The number of carbonyl (C=O) groups is 2. The van der Waals surface area contributed by atoms with Crippen LogP contribution < -0.4 is 16.8 Å². The Bertz CT molecular complexity index is 391. The molecular formula is C15H27N3O2. The van der Waals surface area contributed by atoms with Gasteiger partial charge in [0.25, 0.3) is 0 Å². The fourth-order valence-electron chi connectivity index (χ4n) is 1.81. The van der Waals surface area contributed by atoms with Crippen LogP contribution in [0.3, 0.4) is 0 Å². The first-order valence-corrected chi connectivity index (χ1v) is 5.99. The Balaban J connectivity index is 0. The van der Waals surface area contributed by atoms with E-state index in [4.69, 9.17) is 0 Å². The van der Waals surface area contributed by atoms with Crippen molar-refractivity contribution < 1.29 is 9.59 Å².